The molecule has 0 bridgehead atoms. The van der Waals surface area contributed by atoms with Crippen LogP contribution in [-0.4, -0.2) is 26.4 Å². The highest BCUT2D eigenvalue weighted by atomic mass is 32.1. The second kappa shape index (κ2) is 11.6. The summed E-state index contributed by atoms with van der Waals surface area (Å²) in [6.07, 6.45) is 1.03. The minimum atomic E-state index is -0.346. The van der Waals surface area contributed by atoms with E-state index in [1.54, 1.807) is 14.2 Å². The molecule has 3 aromatic rings. The van der Waals surface area contributed by atoms with E-state index in [2.05, 4.69) is 81.4 Å². The maximum Gasteiger partial charge on any atom is 0.127 e. The largest absolute Gasteiger partial charge is 0.496 e. The molecule has 1 unspecified atom stereocenters. The number of methoxy groups -OCH3 is 2. The Morgan fingerprint density at radius 3 is 1.55 bits per heavy atom. The Bertz CT molecular complexity index is 1250. The molecule has 0 saturated carbocycles. The molecule has 0 aliphatic carbocycles. The third kappa shape index (κ3) is 5.40. The summed E-state index contributed by atoms with van der Waals surface area (Å²) in [5.74, 6) is 3.45. The van der Waals surface area contributed by atoms with Gasteiger partial charge in [0.25, 0.3) is 0 Å². The lowest BCUT2D eigenvalue weighted by atomic mass is 9.75. The first-order chi connectivity index (χ1) is 17.8. The third-order valence-electron chi connectivity index (χ3n) is 7.54. The van der Waals surface area contributed by atoms with Crippen LogP contribution in [-0.2, 0) is 10.8 Å². The van der Waals surface area contributed by atoms with Crippen LogP contribution in [0.5, 0.6) is 23.0 Å². The first-order valence-electron chi connectivity index (χ1n) is 13.6. The van der Waals surface area contributed by atoms with Crippen LogP contribution in [0, 0.1) is 13.8 Å². The van der Waals surface area contributed by atoms with Crippen molar-refractivity contribution in [2.24, 2.45) is 0 Å². The van der Waals surface area contributed by atoms with Gasteiger partial charge >= 0.3 is 0 Å². The Morgan fingerprint density at radius 2 is 1.11 bits per heavy atom. The zero-order valence-electron chi connectivity index (χ0n) is 25.4. The van der Waals surface area contributed by atoms with E-state index < -0.39 is 0 Å². The first-order valence-corrected chi connectivity index (χ1v) is 14.4. The highest BCUT2D eigenvalue weighted by Gasteiger charge is 2.40. The highest BCUT2D eigenvalue weighted by molar-refractivity contribution is 7.12. The summed E-state index contributed by atoms with van der Waals surface area (Å²) in [7, 11) is 3.48. The number of ether oxygens (including phenoxy) is 4. The molecule has 0 fully saturated rings. The van der Waals surface area contributed by atoms with Crippen molar-refractivity contribution in [2.45, 2.75) is 98.7 Å². The second-order valence-electron chi connectivity index (χ2n) is 11.3. The number of hydrogen-bond acceptors (Lipinski definition) is 5. The zero-order chi connectivity index (χ0) is 28.4. The van der Waals surface area contributed by atoms with E-state index in [-0.39, 0.29) is 23.0 Å². The summed E-state index contributed by atoms with van der Waals surface area (Å²) in [6, 6.07) is 12.2. The van der Waals surface area contributed by atoms with Crippen LogP contribution in [0.3, 0.4) is 0 Å². The van der Waals surface area contributed by atoms with Crippen molar-refractivity contribution >= 4 is 11.3 Å². The Labute approximate surface area is 234 Å². The smallest absolute Gasteiger partial charge is 0.127 e. The fourth-order valence-electron chi connectivity index (χ4n) is 5.51. The number of hydrogen-bond donors (Lipinski definition) is 0. The number of benzene rings is 2. The molecule has 0 saturated heterocycles. The second-order valence-corrected chi connectivity index (χ2v) is 12.3. The normalized spacial score (nSPS) is 13.5. The molecule has 208 valence electrons. The molecule has 0 spiro atoms. The van der Waals surface area contributed by atoms with Crippen LogP contribution in [0.1, 0.15) is 93.8 Å². The van der Waals surface area contributed by atoms with E-state index in [0.29, 0.717) is 0 Å². The highest BCUT2D eigenvalue weighted by Crippen LogP contribution is 2.53. The van der Waals surface area contributed by atoms with Gasteiger partial charge in [-0.3, -0.25) is 0 Å². The van der Waals surface area contributed by atoms with Gasteiger partial charge in [-0.15, -0.1) is 11.3 Å². The molecular formula is C33H46O4S. The van der Waals surface area contributed by atoms with Gasteiger partial charge in [0.2, 0.25) is 0 Å². The molecule has 5 heteroatoms. The molecule has 1 heterocycles. The fraction of sp³-hybridized carbons (Fsp3) is 0.515. The van der Waals surface area contributed by atoms with Crippen LogP contribution in [0.15, 0.2) is 36.4 Å². The monoisotopic (exact) mass is 538 g/mol. The van der Waals surface area contributed by atoms with Gasteiger partial charge in [0.1, 0.15) is 23.0 Å². The van der Waals surface area contributed by atoms with E-state index in [9.17, 15) is 0 Å². The molecule has 38 heavy (non-hydrogen) atoms. The Morgan fingerprint density at radius 1 is 0.684 bits per heavy atom. The van der Waals surface area contributed by atoms with E-state index in [4.69, 9.17) is 18.9 Å². The van der Waals surface area contributed by atoms with Crippen molar-refractivity contribution < 1.29 is 18.9 Å². The van der Waals surface area contributed by atoms with Crippen LogP contribution in [0.25, 0.3) is 0 Å². The molecule has 0 N–H and O–H groups in total. The summed E-state index contributed by atoms with van der Waals surface area (Å²) >= 11 is 1.89. The van der Waals surface area contributed by atoms with Gasteiger partial charge in [0.05, 0.1) is 26.4 Å². The average molecular weight is 539 g/mol. The molecule has 0 amide bonds. The van der Waals surface area contributed by atoms with Gasteiger partial charge < -0.3 is 18.9 Å². The SMILES string of the molecule is CCC(C)(c1sc(C(C)(C)c2c(OC)cccc2OC(C)C)c(C)c1C)c1c(OC)cccc1OC(C)C. The minimum Gasteiger partial charge on any atom is -0.496 e. The molecular weight excluding hydrogens is 492 g/mol. The predicted molar refractivity (Wildman–Crippen MR) is 160 cm³/mol. The summed E-state index contributed by atoms with van der Waals surface area (Å²) in [4.78, 5) is 2.64. The molecule has 4 nitrogen and oxygen atoms in total. The van der Waals surface area contributed by atoms with Crippen molar-refractivity contribution in [3.05, 3.63) is 68.4 Å². The Kier molecular flexibility index (Phi) is 9.13. The van der Waals surface area contributed by atoms with Gasteiger partial charge in [0, 0.05) is 31.7 Å². The Hall–Kier alpha value is -2.66. The molecule has 1 aromatic heterocycles. The molecule has 2 aromatic carbocycles. The van der Waals surface area contributed by atoms with Crippen LogP contribution in [0.4, 0.5) is 0 Å². The lowest BCUT2D eigenvalue weighted by molar-refractivity contribution is 0.234. The molecule has 0 radical (unpaired) electrons. The summed E-state index contributed by atoms with van der Waals surface area (Å²) in [6.45, 7) is 21.9. The lowest BCUT2D eigenvalue weighted by Crippen LogP contribution is -2.25. The van der Waals surface area contributed by atoms with Gasteiger partial charge in [-0.05, 0) is 83.4 Å². The van der Waals surface area contributed by atoms with Crippen molar-refractivity contribution in [2.75, 3.05) is 14.2 Å². The van der Waals surface area contributed by atoms with Crippen molar-refractivity contribution in [1.82, 2.24) is 0 Å². The number of thiophene rings is 1. The van der Waals surface area contributed by atoms with E-state index in [1.165, 1.54) is 20.9 Å². The van der Waals surface area contributed by atoms with Crippen molar-refractivity contribution in [3.8, 4) is 23.0 Å². The third-order valence-corrected chi connectivity index (χ3v) is 9.52. The number of rotatable bonds is 11. The maximum absolute atomic E-state index is 6.35. The maximum atomic E-state index is 6.35. The quantitative estimate of drug-likeness (QED) is 0.244. The molecule has 3 rings (SSSR count). The predicted octanol–water partition coefficient (Wildman–Crippen LogP) is 9.00. The standard InChI is InChI=1S/C33H46O4S/c1-13-33(10,29-25(35-12)17-15-19-27(29)37-21(4)5)31-23(7)22(6)30(38-31)32(8,9)28-24(34-11)16-14-18-26(28)36-20(2)3/h14-21H,13H2,1-12H3. The zero-order valence-corrected chi connectivity index (χ0v) is 26.2. The topological polar surface area (TPSA) is 36.9 Å². The Balaban J connectivity index is 2.30. The van der Waals surface area contributed by atoms with Crippen LogP contribution < -0.4 is 18.9 Å². The van der Waals surface area contributed by atoms with E-state index in [1.807, 2.05) is 35.6 Å². The van der Waals surface area contributed by atoms with Gasteiger partial charge in [-0.2, -0.15) is 0 Å². The first kappa shape index (κ1) is 29.9. The summed E-state index contributed by atoms with van der Waals surface area (Å²) in [5, 5.41) is 0. The molecule has 0 aliphatic rings. The van der Waals surface area contributed by atoms with Gasteiger partial charge in [0.15, 0.2) is 0 Å². The van der Waals surface area contributed by atoms with Gasteiger partial charge in [-0.25, -0.2) is 0 Å². The molecule has 1 atom stereocenters. The van der Waals surface area contributed by atoms with Crippen molar-refractivity contribution in [3.63, 3.8) is 0 Å². The summed E-state index contributed by atoms with van der Waals surface area (Å²) < 4.78 is 24.5. The van der Waals surface area contributed by atoms with E-state index >= 15 is 0 Å². The summed E-state index contributed by atoms with van der Waals surface area (Å²) in [5.41, 5.74) is 4.14. The van der Waals surface area contributed by atoms with E-state index in [0.717, 1.165) is 40.5 Å². The van der Waals surface area contributed by atoms with Gasteiger partial charge in [-0.1, -0.05) is 39.8 Å². The fourth-order valence-corrected chi connectivity index (χ4v) is 7.15. The van der Waals surface area contributed by atoms with Crippen LogP contribution >= 0.6 is 11.3 Å². The lowest BCUT2D eigenvalue weighted by Gasteiger charge is -2.33. The van der Waals surface area contributed by atoms with Crippen LogP contribution in [0.2, 0.25) is 0 Å². The average Bonchev–Trinajstić information content (AvgIpc) is 3.17. The molecule has 0 aliphatic heterocycles. The minimum absolute atomic E-state index is 0.0618. The van der Waals surface area contributed by atoms with Crippen molar-refractivity contribution in [1.29, 1.82) is 0 Å².